The van der Waals surface area contributed by atoms with E-state index in [2.05, 4.69) is 5.10 Å². The van der Waals surface area contributed by atoms with Gasteiger partial charge in [-0.3, -0.25) is 0 Å². The number of aryl methyl sites for hydroxylation is 1. The summed E-state index contributed by atoms with van der Waals surface area (Å²) in [5.74, 6) is 0. The van der Waals surface area contributed by atoms with Crippen LogP contribution in [0, 0.1) is 0 Å². The van der Waals surface area contributed by atoms with Crippen LogP contribution in [0.5, 0.6) is 0 Å². The van der Waals surface area contributed by atoms with E-state index in [9.17, 15) is 8.42 Å². The minimum Gasteiger partial charge on any atom is -0.199 e. The van der Waals surface area contributed by atoms with Crippen molar-refractivity contribution in [3.8, 4) is 0 Å². The van der Waals surface area contributed by atoms with Crippen LogP contribution in [0.3, 0.4) is 0 Å². The molecule has 0 bridgehead atoms. The molecule has 3 aromatic rings. The Morgan fingerprint density at radius 3 is 2.57 bits per heavy atom. The zero-order chi connectivity index (χ0) is 15.0. The Balaban J connectivity index is 2.29. The fourth-order valence-electron chi connectivity index (χ4n) is 2.31. The van der Waals surface area contributed by atoms with Crippen LogP contribution in [0.25, 0.3) is 10.9 Å². The molecule has 0 radical (unpaired) electrons. The SMILES string of the molecule is CCc1cc(Cl)cc2c1cnn2S(=O)(=O)c1ccccc1. The maximum absolute atomic E-state index is 12.7. The minimum absolute atomic E-state index is 0.202. The Morgan fingerprint density at radius 1 is 1.19 bits per heavy atom. The van der Waals surface area contributed by atoms with E-state index in [1.54, 1.807) is 42.6 Å². The number of hydrogen-bond acceptors (Lipinski definition) is 3. The van der Waals surface area contributed by atoms with Crippen LogP contribution in [0.15, 0.2) is 53.6 Å². The van der Waals surface area contributed by atoms with E-state index in [4.69, 9.17) is 11.6 Å². The molecule has 0 unspecified atom stereocenters. The molecule has 0 fully saturated rings. The highest BCUT2D eigenvalue weighted by Gasteiger charge is 2.21. The molecule has 108 valence electrons. The van der Waals surface area contributed by atoms with Crippen molar-refractivity contribution in [2.24, 2.45) is 0 Å². The zero-order valence-corrected chi connectivity index (χ0v) is 12.9. The number of aromatic nitrogens is 2. The highest BCUT2D eigenvalue weighted by atomic mass is 35.5. The van der Waals surface area contributed by atoms with Gasteiger partial charge in [0.25, 0.3) is 10.0 Å². The van der Waals surface area contributed by atoms with Gasteiger partial charge < -0.3 is 0 Å². The average molecular weight is 321 g/mol. The molecule has 0 aliphatic carbocycles. The Morgan fingerprint density at radius 2 is 1.90 bits per heavy atom. The lowest BCUT2D eigenvalue weighted by Crippen LogP contribution is -2.14. The normalized spacial score (nSPS) is 11.9. The van der Waals surface area contributed by atoms with Crippen LogP contribution >= 0.6 is 11.6 Å². The molecule has 0 aliphatic rings. The standard InChI is InChI=1S/C15H13ClN2O2S/c1-2-11-8-12(16)9-15-14(11)10-17-18(15)21(19,20)13-6-4-3-5-7-13/h3-10H,2H2,1H3. The van der Waals surface area contributed by atoms with Crippen molar-refractivity contribution in [3.05, 3.63) is 59.2 Å². The van der Waals surface area contributed by atoms with E-state index in [1.165, 1.54) is 0 Å². The van der Waals surface area contributed by atoms with E-state index in [-0.39, 0.29) is 4.90 Å². The van der Waals surface area contributed by atoms with E-state index >= 15 is 0 Å². The third kappa shape index (κ3) is 2.32. The molecular formula is C15H13ClN2O2S. The van der Waals surface area contributed by atoms with Crippen LogP contribution in [-0.4, -0.2) is 17.6 Å². The van der Waals surface area contributed by atoms with E-state index in [0.29, 0.717) is 10.5 Å². The summed E-state index contributed by atoms with van der Waals surface area (Å²) < 4.78 is 26.4. The number of hydrogen-bond donors (Lipinski definition) is 0. The zero-order valence-electron chi connectivity index (χ0n) is 11.3. The summed E-state index contributed by atoms with van der Waals surface area (Å²) in [6, 6.07) is 11.7. The maximum Gasteiger partial charge on any atom is 0.283 e. The summed E-state index contributed by atoms with van der Waals surface area (Å²) in [5, 5.41) is 5.37. The maximum atomic E-state index is 12.7. The van der Waals surface area contributed by atoms with Gasteiger partial charge in [-0.25, -0.2) is 0 Å². The molecule has 0 saturated carbocycles. The van der Waals surface area contributed by atoms with Crippen molar-refractivity contribution in [3.63, 3.8) is 0 Å². The van der Waals surface area contributed by atoms with Crippen molar-refractivity contribution in [1.82, 2.24) is 9.19 Å². The second kappa shape index (κ2) is 5.16. The summed E-state index contributed by atoms with van der Waals surface area (Å²) >= 11 is 6.09. The lowest BCUT2D eigenvalue weighted by Gasteiger charge is -2.07. The molecule has 3 rings (SSSR count). The fourth-order valence-corrected chi connectivity index (χ4v) is 3.83. The molecular weight excluding hydrogens is 308 g/mol. The quantitative estimate of drug-likeness (QED) is 0.742. The van der Waals surface area contributed by atoms with Crippen molar-refractivity contribution >= 4 is 32.5 Å². The van der Waals surface area contributed by atoms with Gasteiger partial charge >= 0.3 is 0 Å². The molecule has 0 atom stereocenters. The van der Waals surface area contributed by atoms with Crippen LogP contribution in [-0.2, 0) is 16.4 Å². The predicted molar refractivity (Wildman–Crippen MR) is 83.1 cm³/mol. The first-order valence-electron chi connectivity index (χ1n) is 6.51. The smallest absolute Gasteiger partial charge is 0.199 e. The van der Waals surface area contributed by atoms with Gasteiger partial charge in [-0.15, -0.1) is 0 Å². The van der Waals surface area contributed by atoms with Gasteiger partial charge in [0, 0.05) is 10.4 Å². The second-order valence-corrected chi connectivity index (χ2v) is 6.86. The predicted octanol–water partition coefficient (Wildman–Crippen LogP) is 3.49. The first-order chi connectivity index (χ1) is 10.0. The Kier molecular flexibility index (Phi) is 3.47. The van der Waals surface area contributed by atoms with Crippen LogP contribution < -0.4 is 0 Å². The van der Waals surface area contributed by atoms with Crippen LogP contribution in [0.4, 0.5) is 0 Å². The summed E-state index contributed by atoms with van der Waals surface area (Å²) in [7, 11) is -3.72. The van der Waals surface area contributed by atoms with Crippen molar-refractivity contribution in [1.29, 1.82) is 0 Å². The number of nitrogens with zero attached hydrogens (tertiary/aromatic N) is 2. The molecule has 0 amide bonds. The Hall–Kier alpha value is -1.85. The van der Waals surface area contributed by atoms with Gasteiger partial charge in [0.2, 0.25) is 0 Å². The topological polar surface area (TPSA) is 52.0 Å². The molecule has 0 saturated heterocycles. The lowest BCUT2D eigenvalue weighted by atomic mass is 10.1. The molecule has 1 aromatic heterocycles. The van der Waals surface area contributed by atoms with Gasteiger partial charge in [0.05, 0.1) is 16.6 Å². The monoisotopic (exact) mass is 320 g/mol. The molecule has 6 heteroatoms. The second-order valence-electron chi connectivity index (χ2n) is 4.66. The number of benzene rings is 2. The van der Waals surface area contributed by atoms with Crippen LogP contribution in [0.2, 0.25) is 5.02 Å². The fraction of sp³-hybridized carbons (Fsp3) is 0.133. The van der Waals surface area contributed by atoms with Gasteiger partial charge in [0.1, 0.15) is 0 Å². The van der Waals surface area contributed by atoms with E-state index in [0.717, 1.165) is 21.5 Å². The first-order valence-corrected chi connectivity index (χ1v) is 8.32. The van der Waals surface area contributed by atoms with Gasteiger partial charge in [-0.05, 0) is 36.2 Å². The number of rotatable bonds is 3. The Bertz CT molecular complexity index is 902. The summed E-state index contributed by atoms with van der Waals surface area (Å²) in [5.41, 5.74) is 1.48. The molecule has 4 nitrogen and oxygen atoms in total. The molecule has 2 aromatic carbocycles. The largest absolute Gasteiger partial charge is 0.283 e. The van der Waals surface area contributed by atoms with Gasteiger partial charge in [-0.2, -0.15) is 17.6 Å². The molecule has 0 aliphatic heterocycles. The van der Waals surface area contributed by atoms with E-state index in [1.807, 2.05) is 13.0 Å². The molecule has 21 heavy (non-hydrogen) atoms. The third-order valence-corrected chi connectivity index (χ3v) is 5.19. The number of fused-ring (bicyclic) bond motifs is 1. The summed E-state index contributed by atoms with van der Waals surface area (Å²) in [4.78, 5) is 0.202. The third-order valence-electron chi connectivity index (χ3n) is 3.36. The van der Waals surface area contributed by atoms with Gasteiger partial charge in [-0.1, -0.05) is 36.7 Å². The lowest BCUT2D eigenvalue weighted by molar-refractivity contribution is 0.582. The molecule has 1 heterocycles. The van der Waals surface area contributed by atoms with Crippen molar-refractivity contribution in [2.45, 2.75) is 18.2 Å². The summed E-state index contributed by atoms with van der Waals surface area (Å²) in [6.45, 7) is 1.99. The summed E-state index contributed by atoms with van der Waals surface area (Å²) in [6.07, 6.45) is 2.33. The van der Waals surface area contributed by atoms with Crippen LogP contribution in [0.1, 0.15) is 12.5 Å². The molecule has 0 N–H and O–H groups in total. The minimum atomic E-state index is -3.72. The van der Waals surface area contributed by atoms with E-state index < -0.39 is 10.0 Å². The Labute approximate surface area is 128 Å². The van der Waals surface area contributed by atoms with Gasteiger partial charge in [0.15, 0.2) is 0 Å². The number of halogens is 1. The average Bonchev–Trinajstić information content (AvgIpc) is 2.91. The highest BCUT2D eigenvalue weighted by molar-refractivity contribution is 7.90. The van der Waals surface area contributed by atoms with Crippen molar-refractivity contribution in [2.75, 3.05) is 0 Å². The molecule has 0 spiro atoms. The highest BCUT2D eigenvalue weighted by Crippen LogP contribution is 2.27. The first kappa shape index (κ1) is 14.1. The van der Waals surface area contributed by atoms with Crippen molar-refractivity contribution < 1.29 is 8.42 Å².